The van der Waals surface area contributed by atoms with Crippen LogP contribution in [0.2, 0.25) is 0 Å². The van der Waals surface area contributed by atoms with Crippen LogP contribution in [0.1, 0.15) is 12.5 Å². The van der Waals surface area contributed by atoms with Crippen LogP contribution in [0.4, 0.5) is 0 Å². The number of nitrogens with one attached hydrogen (secondary N) is 3. The van der Waals surface area contributed by atoms with E-state index in [2.05, 4.69) is 20.3 Å². The molecule has 2 rings (SSSR count). The van der Waals surface area contributed by atoms with Crippen molar-refractivity contribution >= 4 is 40.5 Å². The van der Waals surface area contributed by atoms with Crippen LogP contribution in [-0.4, -0.2) is 38.0 Å². The molecule has 10 heteroatoms. The van der Waals surface area contributed by atoms with E-state index in [1.165, 1.54) is 29.7 Å². The summed E-state index contributed by atoms with van der Waals surface area (Å²) in [6, 6.07) is 0. The molecule has 0 fully saturated rings. The Kier molecular flexibility index (Phi) is 5.02. The standard InChI is InChI=1S/C11H12N4O4S2/c1-5-8(17)15-11(21-5)13-7(16)4-20-3-6-2-12-10(19)14-9(6)18/h2,5H,3-4H2,1H3,(H2,12,14,18,19)(H,13,15,16,17). The van der Waals surface area contributed by atoms with E-state index in [0.29, 0.717) is 10.7 Å². The molecule has 2 amide bonds. The predicted molar refractivity (Wildman–Crippen MR) is 81.5 cm³/mol. The van der Waals surface area contributed by atoms with E-state index in [4.69, 9.17) is 0 Å². The maximum absolute atomic E-state index is 11.7. The number of amidine groups is 1. The fourth-order valence-electron chi connectivity index (χ4n) is 1.45. The second-order valence-electron chi connectivity index (χ2n) is 4.15. The van der Waals surface area contributed by atoms with E-state index >= 15 is 0 Å². The third kappa shape index (κ3) is 4.33. The first-order chi connectivity index (χ1) is 9.95. The molecule has 112 valence electrons. The largest absolute Gasteiger partial charge is 0.325 e. The topological polar surface area (TPSA) is 124 Å². The van der Waals surface area contributed by atoms with Crippen LogP contribution in [0.3, 0.4) is 0 Å². The summed E-state index contributed by atoms with van der Waals surface area (Å²) in [7, 11) is 0. The number of rotatable bonds is 4. The molecule has 3 N–H and O–H groups in total. The average molecular weight is 328 g/mol. The molecule has 0 saturated carbocycles. The van der Waals surface area contributed by atoms with Crippen LogP contribution in [0.5, 0.6) is 0 Å². The minimum absolute atomic E-state index is 0.112. The lowest BCUT2D eigenvalue weighted by molar-refractivity contribution is -0.117. The van der Waals surface area contributed by atoms with Gasteiger partial charge in [0.2, 0.25) is 5.91 Å². The zero-order valence-electron chi connectivity index (χ0n) is 11.0. The summed E-state index contributed by atoms with van der Waals surface area (Å²) >= 11 is 2.42. The van der Waals surface area contributed by atoms with Crippen molar-refractivity contribution in [3.8, 4) is 0 Å². The monoisotopic (exact) mass is 328 g/mol. The molecule has 2 heterocycles. The van der Waals surface area contributed by atoms with Crippen molar-refractivity contribution in [3.05, 3.63) is 32.6 Å². The van der Waals surface area contributed by atoms with Gasteiger partial charge in [-0.3, -0.25) is 19.4 Å². The number of carbonyl (C=O) groups excluding carboxylic acids is 2. The number of amides is 2. The van der Waals surface area contributed by atoms with Crippen molar-refractivity contribution in [2.45, 2.75) is 17.9 Å². The Morgan fingerprint density at radius 2 is 2.24 bits per heavy atom. The summed E-state index contributed by atoms with van der Waals surface area (Å²) in [5.74, 6) is -0.161. The lowest BCUT2D eigenvalue weighted by Crippen LogP contribution is -2.29. The second kappa shape index (κ2) is 6.76. The molecule has 0 radical (unpaired) electrons. The molecule has 1 aliphatic heterocycles. The summed E-state index contributed by atoms with van der Waals surface area (Å²) in [5, 5.41) is 2.57. The fraction of sp³-hybridized carbons (Fsp3) is 0.364. The summed E-state index contributed by atoms with van der Waals surface area (Å²) < 4.78 is 0. The van der Waals surface area contributed by atoms with Crippen LogP contribution in [0.25, 0.3) is 0 Å². The Balaban J connectivity index is 1.80. The summed E-state index contributed by atoms with van der Waals surface area (Å²) in [4.78, 5) is 53.3. The Bertz CT molecular complexity index is 709. The normalized spacial score (nSPS) is 17.7. The van der Waals surface area contributed by atoms with Gasteiger partial charge in [-0.05, 0) is 6.92 Å². The van der Waals surface area contributed by atoms with Crippen molar-refractivity contribution in [2.24, 2.45) is 4.99 Å². The molecule has 0 saturated heterocycles. The highest BCUT2D eigenvalue weighted by molar-refractivity contribution is 8.15. The van der Waals surface area contributed by atoms with Gasteiger partial charge in [-0.25, -0.2) is 4.79 Å². The Morgan fingerprint density at radius 1 is 1.48 bits per heavy atom. The molecule has 8 nitrogen and oxygen atoms in total. The van der Waals surface area contributed by atoms with Gasteiger partial charge >= 0.3 is 5.69 Å². The predicted octanol–water partition coefficient (Wildman–Crippen LogP) is -0.570. The SMILES string of the molecule is CC1SC(NC(=O)CSCc2c[nH]c(=O)[nH]c2=O)=NC1=O. The number of nitrogens with zero attached hydrogens (tertiary/aromatic N) is 1. The van der Waals surface area contributed by atoms with Gasteiger partial charge in [0.15, 0.2) is 5.17 Å². The lowest BCUT2D eigenvalue weighted by Gasteiger charge is -2.04. The van der Waals surface area contributed by atoms with Crippen molar-refractivity contribution in [1.82, 2.24) is 15.3 Å². The van der Waals surface area contributed by atoms with Gasteiger partial charge < -0.3 is 10.3 Å². The maximum atomic E-state index is 11.7. The van der Waals surface area contributed by atoms with Gasteiger partial charge in [0, 0.05) is 17.5 Å². The van der Waals surface area contributed by atoms with Crippen molar-refractivity contribution < 1.29 is 9.59 Å². The van der Waals surface area contributed by atoms with Gasteiger partial charge in [-0.1, -0.05) is 11.8 Å². The van der Waals surface area contributed by atoms with E-state index in [1.54, 1.807) is 6.92 Å². The number of aromatic amines is 2. The third-order valence-corrected chi connectivity index (χ3v) is 4.43. The van der Waals surface area contributed by atoms with Gasteiger partial charge in [-0.15, -0.1) is 11.8 Å². The van der Waals surface area contributed by atoms with E-state index in [0.717, 1.165) is 0 Å². The molecule has 1 atom stereocenters. The zero-order valence-corrected chi connectivity index (χ0v) is 12.6. The lowest BCUT2D eigenvalue weighted by atomic mass is 10.4. The number of aromatic nitrogens is 2. The minimum atomic E-state index is -0.568. The zero-order chi connectivity index (χ0) is 15.4. The van der Waals surface area contributed by atoms with Crippen LogP contribution in [-0.2, 0) is 15.3 Å². The highest BCUT2D eigenvalue weighted by Crippen LogP contribution is 2.20. The Hall–Kier alpha value is -1.81. The quantitative estimate of drug-likeness (QED) is 0.680. The van der Waals surface area contributed by atoms with Crippen molar-refractivity contribution in [1.29, 1.82) is 0 Å². The molecule has 1 aromatic rings. The van der Waals surface area contributed by atoms with Gasteiger partial charge in [0.25, 0.3) is 11.5 Å². The summed E-state index contributed by atoms with van der Waals surface area (Å²) in [5.41, 5.74) is -0.660. The van der Waals surface area contributed by atoms with Gasteiger partial charge in [-0.2, -0.15) is 4.99 Å². The molecule has 0 aromatic carbocycles. The molecule has 21 heavy (non-hydrogen) atoms. The van der Waals surface area contributed by atoms with Crippen LogP contribution in [0.15, 0.2) is 20.8 Å². The van der Waals surface area contributed by atoms with Crippen LogP contribution >= 0.6 is 23.5 Å². The summed E-state index contributed by atoms with van der Waals surface area (Å²) in [6.45, 7) is 1.72. The molecule has 1 unspecified atom stereocenters. The van der Waals surface area contributed by atoms with Crippen molar-refractivity contribution in [3.63, 3.8) is 0 Å². The molecule has 1 aromatic heterocycles. The van der Waals surface area contributed by atoms with E-state index < -0.39 is 11.2 Å². The number of hydrogen-bond donors (Lipinski definition) is 3. The van der Waals surface area contributed by atoms with Crippen molar-refractivity contribution in [2.75, 3.05) is 5.75 Å². The number of aliphatic imine (C=N–C) groups is 1. The third-order valence-electron chi connectivity index (χ3n) is 2.48. The number of hydrogen-bond acceptors (Lipinski definition) is 6. The molecule has 0 aliphatic carbocycles. The molecule has 0 spiro atoms. The van der Waals surface area contributed by atoms with Crippen LogP contribution < -0.4 is 16.6 Å². The smallest absolute Gasteiger partial charge is 0.314 e. The summed E-state index contributed by atoms with van der Waals surface area (Å²) in [6.07, 6.45) is 1.32. The first-order valence-corrected chi connectivity index (χ1v) is 7.97. The molecular formula is C11H12N4O4S2. The first kappa shape index (κ1) is 15.6. The highest BCUT2D eigenvalue weighted by atomic mass is 32.2. The molecule has 1 aliphatic rings. The van der Waals surface area contributed by atoms with E-state index in [1.807, 2.05) is 0 Å². The van der Waals surface area contributed by atoms with Gasteiger partial charge in [0.05, 0.1) is 11.0 Å². The second-order valence-corrected chi connectivity index (χ2v) is 6.47. The molecular weight excluding hydrogens is 316 g/mol. The molecule has 0 bridgehead atoms. The van der Waals surface area contributed by atoms with Gasteiger partial charge in [0.1, 0.15) is 0 Å². The van der Waals surface area contributed by atoms with Crippen LogP contribution in [0, 0.1) is 0 Å². The number of H-pyrrole nitrogens is 2. The van der Waals surface area contributed by atoms with E-state index in [9.17, 15) is 19.2 Å². The highest BCUT2D eigenvalue weighted by Gasteiger charge is 2.24. The fourth-order valence-corrected chi connectivity index (χ4v) is 3.04. The average Bonchev–Trinajstić information content (AvgIpc) is 2.71. The minimum Gasteiger partial charge on any atom is -0.314 e. The van der Waals surface area contributed by atoms with E-state index in [-0.39, 0.29) is 28.6 Å². The maximum Gasteiger partial charge on any atom is 0.325 e. The number of carbonyl (C=O) groups is 2. The number of thioether (sulfide) groups is 2. The Morgan fingerprint density at radius 3 is 2.86 bits per heavy atom. The first-order valence-electron chi connectivity index (χ1n) is 5.93. The Labute approximate surface area is 127 Å².